The van der Waals surface area contributed by atoms with Crippen molar-refractivity contribution in [2.45, 2.75) is 6.92 Å². The molecule has 0 radical (unpaired) electrons. The van der Waals surface area contributed by atoms with E-state index in [0.717, 1.165) is 33.4 Å². The van der Waals surface area contributed by atoms with Crippen molar-refractivity contribution in [2.75, 3.05) is 19.0 Å². The van der Waals surface area contributed by atoms with Gasteiger partial charge in [-0.05, 0) is 42.3 Å². The first-order valence-electron chi connectivity index (χ1n) is 9.03. The molecule has 4 nitrogen and oxygen atoms in total. The summed E-state index contributed by atoms with van der Waals surface area (Å²) in [7, 11) is 3.95. The molecule has 0 aliphatic carbocycles. The molecular formula is C24H22N4. The topological polar surface area (TPSA) is 52.8 Å². The van der Waals surface area contributed by atoms with Crippen molar-refractivity contribution in [1.82, 2.24) is 9.97 Å². The first kappa shape index (κ1) is 19.1. The second-order valence-electron chi connectivity index (χ2n) is 6.54. The van der Waals surface area contributed by atoms with Gasteiger partial charge in [0.15, 0.2) is 5.82 Å². The lowest BCUT2D eigenvalue weighted by Crippen LogP contribution is -2.13. The highest BCUT2D eigenvalue weighted by atomic mass is 15.2. The molecule has 138 valence electrons. The van der Waals surface area contributed by atoms with Crippen molar-refractivity contribution in [3.8, 4) is 17.2 Å². The monoisotopic (exact) mass is 366 g/mol. The maximum absolute atomic E-state index is 9.00. The van der Waals surface area contributed by atoms with Gasteiger partial charge >= 0.3 is 0 Å². The van der Waals surface area contributed by atoms with Crippen LogP contribution in [0.15, 0.2) is 73.3 Å². The molecule has 0 fully saturated rings. The Bertz CT molecular complexity index is 1110. The fraction of sp³-hybridized carbons (Fsp3) is 0.125. The zero-order valence-electron chi connectivity index (χ0n) is 16.3. The summed E-state index contributed by atoms with van der Waals surface area (Å²) in [6.45, 7) is 5.86. The number of rotatable bonds is 5. The van der Waals surface area contributed by atoms with Crippen LogP contribution in [0.3, 0.4) is 0 Å². The van der Waals surface area contributed by atoms with Crippen molar-refractivity contribution in [3.63, 3.8) is 0 Å². The van der Waals surface area contributed by atoms with Crippen LogP contribution in [-0.4, -0.2) is 24.1 Å². The van der Waals surface area contributed by atoms with Crippen LogP contribution in [0.2, 0.25) is 0 Å². The molecule has 0 atom stereocenters. The van der Waals surface area contributed by atoms with E-state index in [9.17, 15) is 0 Å². The Morgan fingerprint density at radius 1 is 1.07 bits per heavy atom. The van der Waals surface area contributed by atoms with Crippen molar-refractivity contribution in [3.05, 3.63) is 84.7 Å². The molecular weight excluding hydrogens is 344 g/mol. The lowest BCUT2D eigenvalue weighted by atomic mass is 10.0. The van der Waals surface area contributed by atoms with Gasteiger partial charge in [-0.3, -0.25) is 0 Å². The fourth-order valence-electron chi connectivity index (χ4n) is 2.93. The van der Waals surface area contributed by atoms with Gasteiger partial charge in [0.05, 0.1) is 17.1 Å². The smallest absolute Gasteiger partial charge is 0.162 e. The van der Waals surface area contributed by atoms with Gasteiger partial charge < -0.3 is 4.90 Å². The van der Waals surface area contributed by atoms with Crippen LogP contribution >= 0.6 is 0 Å². The Morgan fingerprint density at radius 3 is 2.39 bits per heavy atom. The summed E-state index contributed by atoms with van der Waals surface area (Å²) in [5.41, 5.74) is 4.51. The third kappa shape index (κ3) is 3.84. The summed E-state index contributed by atoms with van der Waals surface area (Å²) in [5, 5.41) is 9.97. The van der Waals surface area contributed by atoms with Crippen molar-refractivity contribution in [2.24, 2.45) is 0 Å². The lowest BCUT2D eigenvalue weighted by Gasteiger charge is -2.16. The summed E-state index contributed by atoms with van der Waals surface area (Å²) < 4.78 is 0. The zero-order valence-corrected chi connectivity index (χ0v) is 16.3. The van der Waals surface area contributed by atoms with E-state index in [1.165, 1.54) is 0 Å². The predicted molar refractivity (Wildman–Crippen MR) is 117 cm³/mol. The van der Waals surface area contributed by atoms with E-state index in [4.69, 9.17) is 15.2 Å². The van der Waals surface area contributed by atoms with Gasteiger partial charge in [-0.2, -0.15) is 5.26 Å². The van der Waals surface area contributed by atoms with Crippen LogP contribution in [0.25, 0.3) is 27.6 Å². The Hall–Kier alpha value is -3.71. The van der Waals surface area contributed by atoms with E-state index >= 15 is 0 Å². The van der Waals surface area contributed by atoms with E-state index in [-0.39, 0.29) is 0 Å². The normalized spacial score (nSPS) is 11.6. The first-order chi connectivity index (χ1) is 13.6. The predicted octanol–water partition coefficient (Wildman–Crippen LogP) is 5.38. The SMILES string of the molecule is C=C/C(=C\C=C/C)c1nc(N(C)C)c2cc(-c3ccc(C#N)cc3)ccc2n1. The summed E-state index contributed by atoms with van der Waals surface area (Å²) in [5.74, 6) is 1.50. The van der Waals surface area contributed by atoms with Gasteiger partial charge in [0.2, 0.25) is 0 Å². The molecule has 3 rings (SSSR count). The summed E-state index contributed by atoms with van der Waals surface area (Å²) >= 11 is 0. The quantitative estimate of drug-likeness (QED) is 0.569. The second kappa shape index (κ2) is 8.32. The molecule has 0 aliphatic rings. The molecule has 0 saturated carbocycles. The molecule has 4 heteroatoms. The number of hydrogen-bond donors (Lipinski definition) is 0. The minimum absolute atomic E-state index is 0.649. The summed E-state index contributed by atoms with van der Waals surface area (Å²) in [6.07, 6.45) is 7.64. The van der Waals surface area contributed by atoms with E-state index in [0.29, 0.717) is 11.4 Å². The van der Waals surface area contributed by atoms with Crippen LogP contribution < -0.4 is 4.90 Å². The molecule has 2 aromatic carbocycles. The van der Waals surface area contributed by atoms with Gasteiger partial charge in [0.25, 0.3) is 0 Å². The van der Waals surface area contributed by atoms with E-state index < -0.39 is 0 Å². The highest BCUT2D eigenvalue weighted by molar-refractivity contribution is 5.94. The lowest BCUT2D eigenvalue weighted by molar-refractivity contribution is 1.05. The van der Waals surface area contributed by atoms with Crippen LogP contribution in [-0.2, 0) is 0 Å². The number of nitriles is 1. The molecule has 0 N–H and O–H groups in total. The standard InChI is InChI=1S/C24H22N4/c1-5-7-8-18(6-2)23-26-22-14-13-20(15-21(22)24(27-23)28(3)4)19-11-9-17(16-25)10-12-19/h5-15H,2H2,1,3-4H3/b7-5-,18-8+. The fourth-order valence-corrected chi connectivity index (χ4v) is 2.93. The third-order valence-corrected chi connectivity index (χ3v) is 4.39. The Morgan fingerprint density at radius 2 is 1.79 bits per heavy atom. The molecule has 0 amide bonds. The molecule has 28 heavy (non-hydrogen) atoms. The van der Waals surface area contributed by atoms with E-state index in [1.54, 1.807) is 6.08 Å². The Balaban J connectivity index is 2.17. The van der Waals surface area contributed by atoms with Crippen LogP contribution in [0.5, 0.6) is 0 Å². The molecule has 1 aromatic heterocycles. The second-order valence-corrected chi connectivity index (χ2v) is 6.54. The average molecular weight is 366 g/mol. The number of allylic oxidation sites excluding steroid dienone is 5. The number of fused-ring (bicyclic) bond motifs is 1. The third-order valence-electron chi connectivity index (χ3n) is 4.39. The highest BCUT2D eigenvalue weighted by Crippen LogP contribution is 2.30. The van der Waals surface area contributed by atoms with Gasteiger partial charge in [0, 0.05) is 25.1 Å². The number of benzene rings is 2. The zero-order chi connectivity index (χ0) is 20.1. The van der Waals surface area contributed by atoms with Crippen LogP contribution in [0, 0.1) is 11.3 Å². The molecule has 0 aliphatic heterocycles. The van der Waals surface area contributed by atoms with Gasteiger partial charge in [-0.1, -0.05) is 49.1 Å². The Labute approximate surface area is 165 Å². The molecule has 0 bridgehead atoms. The molecule has 3 aromatic rings. The van der Waals surface area contributed by atoms with Crippen LogP contribution in [0.1, 0.15) is 18.3 Å². The largest absolute Gasteiger partial charge is 0.362 e. The maximum atomic E-state index is 9.00. The van der Waals surface area contributed by atoms with Gasteiger partial charge in [-0.15, -0.1) is 0 Å². The van der Waals surface area contributed by atoms with Crippen molar-refractivity contribution >= 4 is 22.3 Å². The number of anilines is 1. The van der Waals surface area contributed by atoms with Crippen molar-refractivity contribution in [1.29, 1.82) is 5.26 Å². The molecule has 0 spiro atoms. The van der Waals surface area contributed by atoms with Crippen LogP contribution in [0.4, 0.5) is 5.82 Å². The maximum Gasteiger partial charge on any atom is 0.162 e. The molecule has 0 unspecified atom stereocenters. The Kier molecular flexibility index (Phi) is 5.67. The van der Waals surface area contributed by atoms with Gasteiger partial charge in [-0.25, -0.2) is 9.97 Å². The van der Waals surface area contributed by atoms with E-state index in [1.807, 2.05) is 80.5 Å². The number of aromatic nitrogens is 2. The minimum atomic E-state index is 0.649. The average Bonchev–Trinajstić information content (AvgIpc) is 2.73. The van der Waals surface area contributed by atoms with Crippen molar-refractivity contribution < 1.29 is 0 Å². The molecule has 1 heterocycles. The highest BCUT2D eigenvalue weighted by Gasteiger charge is 2.12. The number of hydrogen-bond acceptors (Lipinski definition) is 4. The summed E-state index contributed by atoms with van der Waals surface area (Å²) in [4.78, 5) is 11.5. The first-order valence-corrected chi connectivity index (χ1v) is 9.03. The van der Waals surface area contributed by atoms with E-state index in [2.05, 4.69) is 18.7 Å². The summed E-state index contributed by atoms with van der Waals surface area (Å²) in [6, 6.07) is 15.9. The minimum Gasteiger partial charge on any atom is -0.362 e. The van der Waals surface area contributed by atoms with Gasteiger partial charge in [0.1, 0.15) is 5.82 Å². The number of nitrogens with zero attached hydrogens (tertiary/aromatic N) is 4. The molecule has 0 saturated heterocycles.